The molecular weight excluding hydrogens is 308 g/mol. The molecule has 22 heavy (non-hydrogen) atoms. The number of carbonyl (C=O) groups excluding carboxylic acids is 1. The number of carbonyl (C=O) groups is 2. The third-order valence-electron chi connectivity index (χ3n) is 3.98. The predicted molar refractivity (Wildman–Crippen MR) is 78.2 cm³/mol. The number of benzene rings is 1. The zero-order chi connectivity index (χ0) is 16.4. The van der Waals surface area contributed by atoms with Crippen LogP contribution >= 0.6 is 0 Å². The van der Waals surface area contributed by atoms with Gasteiger partial charge < -0.3 is 10.4 Å². The summed E-state index contributed by atoms with van der Waals surface area (Å²) in [6.45, 7) is 0.123. The molecule has 0 aromatic heterocycles. The molecule has 1 fully saturated rings. The third-order valence-corrected chi connectivity index (χ3v) is 4.89. The maximum absolute atomic E-state index is 11.9. The van der Waals surface area contributed by atoms with E-state index in [2.05, 4.69) is 5.32 Å². The molecule has 1 aliphatic rings. The molecule has 0 saturated heterocycles. The third kappa shape index (κ3) is 3.63. The van der Waals surface area contributed by atoms with Crippen LogP contribution in [0.2, 0.25) is 0 Å². The van der Waals surface area contributed by atoms with E-state index in [9.17, 15) is 23.1 Å². The number of primary sulfonamides is 1. The first-order valence-electron chi connectivity index (χ1n) is 6.85. The lowest BCUT2D eigenvalue weighted by atomic mass is 9.66. The van der Waals surface area contributed by atoms with E-state index in [4.69, 9.17) is 5.14 Å². The normalized spacial score (nSPS) is 16.6. The van der Waals surface area contributed by atoms with Gasteiger partial charge in [0.2, 0.25) is 15.9 Å². The molecule has 1 aromatic carbocycles. The largest absolute Gasteiger partial charge is 0.481 e. The molecule has 1 amide bonds. The highest BCUT2D eigenvalue weighted by atomic mass is 32.2. The molecule has 0 bridgehead atoms. The van der Waals surface area contributed by atoms with E-state index in [0.717, 1.165) is 6.42 Å². The summed E-state index contributed by atoms with van der Waals surface area (Å²) in [4.78, 5) is 23.1. The Morgan fingerprint density at radius 3 is 2.50 bits per heavy atom. The van der Waals surface area contributed by atoms with Gasteiger partial charge in [0.15, 0.2) is 0 Å². The second kappa shape index (κ2) is 6.05. The Balaban J connectivity index is 1.96. The van der Waals surface area contributed by atoms with Crippen LogP contribution in [0.4, 0.5) is 0 Å². The minimum absolute atomic E-state index is 0.0275. The number of hydrogen-bond donors (Lipinski definition) is 3. The minimum Gasteiger partial charge on any atom is -0.481 e. The van der Waals surface area contributed by atoms with Crippen molar-refractivity contribution in [3.63, 3.8) is 0 Å². The highest BCUT2D eigenvalue weighted by molar-refractivity contribution is 7.89. The molecule has 0 heterocycles. The van der Waals surface area contributed by atoms with Crippen molar-refractivity contribution in [2.24, 2.45) is 10.6 Å². The number of nitrogens with one attached hydrogen (secondary N) is 1. The van der Waals surface area contributed by atoms with Gasteiger partial charge in [0.05, 0.1) is 10.3 Å². The summed E-state index contributed by atoms with van der Waals surface area (Å²) in [5, 5.41) is 16.8. The van der Waals surface area contributed by atoms with E-state index >= 15 is 0 Å². The number of rotatable bonds is 6. The molecule has 0 unspecified atom stereocenters. The molecular formula is C14H18N2O5S. The summed E-state index contributed by atoms with van der Waals surface area (Å²) in [5.74, 6) is -1.30. The lowest BCUT2D eigenvalue weighted by Crippen LogP contribution is -2.42. The summed E-state index contributed by atoms with van der Waals surface area (Å²) < 4.78 is 22.5. The Bertz CT molecular complexity index is 695. The van der Waals surface area contributed by atoms with Gasteiger partial charge in [0, 0.05) is 13.0 Å². The van der Waals surface area contributed by atoms with Crippen molar-refractivity contribution >= 4 is 21.9 Å². The molecule has 2 rings (SSSR count). The van der Waals surface area contributed by atoms with Gasteiger partial charge in [-0.05, 0) is 30.5 Å². The van der Waals surface area contributed by atoms with Gasteiger partial charge in [0.25, 0.3) is 0 Å². The van der Waals surface area contributed by atoms with Crippen LogP contribution in [-0.4, -0.2) is 25.4 Å². The van der Waals surface area contributed by atoms with Crippen LogP contribution < -0.4 is 10.5 Å². The summed E-state index contributed by atoms with van der Waals surface area (Å²) in [6.07, 6.45) is 1.78. The SMILES string of the molecule is NS(=O)(=O)c1cccc(CNC(=O)CC2(C(=O)O)CCC2)c1. The van der Waals surface area contributed by atoms with Crippen LogP contribution in [0.3, 0.4) is 0 Å². The van der Waals surface area contributed by atoms with E-state index in [1.165, 1.54) is 18.2 Å². The fourth-order valence-corrected chi connectivity index (χ4v) is 3.06. The first-order valence-corrected chi connectivity index (χ1v) is 8.39. The Hall–Kier alpha value is -1.93. The van der Waals surface area contributed by atoms with Crippen LogP contribution in [0.15, 0.2) is 29.2 Å². The van der Waals surface area contributed by atoms with E-state index in [1.54, 1.807) is 6.07 Å². The number of carboxylic acids is 1. The molecule has 1 aromatic rings. The second-order valence-electron chi connectivity index (χ2n) is 5.58. The van der Waals surface area contributed by atoms with Gasteiger partial charge in [-0.1, -0.05) is 18.6 Å². The van der Waals surface area contributed by atoms with Crippen LogP contribution in [0.1, 0.15) is 31.2 Å². The maximum Gasteiger partial charge on any atom is 0.310 e. The van der Waals surface area contributed by atoms with Crippen molar-refractivity contribution in [2.75, 3.05) is 0 Å². The van der Waals surface area contributed by atoms with Crippen molar-refractivity contribution in [3.05, 3.63) is 29.8 Å². The minimum atomic E-state index is -3.79. The second-order valence-corrected chi connectivity index (χ2v) is 7.15. The van der Waals surface area contributed by atoms with Gasteiger partial charge in [-0.2, -0.15) is 0 Å². The molecule has 4 N–H and O–H groups in total. The van der Waals surface area contributed by atoms with Gasteiger partial charge >= 0.3 is 5.97 Å². The molecule has 0 radical (unpaired) electrons. The lowest BCUT2D eigenvalue weighted by Gasteiger charge is -2.36. The highest BCUT2D eigenvalue weighted by Gasteiger charge is 2.45. The van der Waals surface area contributed by atoms with Crippen molar-refractivity contribution in [3.8, 4) is 0 Å². The molecule has 0 atom stereocenters. The van der Waals surface area contributed by atoms with Crippen molar-refractivity contribution < 1.29 is 23.1 Å². The van der Waals surface area contributed by atoms with Crippen molar-refractivity contribution in [1.29, 1.82) is 0 Å². The number of hydrogen-bond acceptors (Lipinski definition) is 4. The van der Waals surface area contributed by atoms with Crippen LogP contribution in [0, 0.1) is 5.41 Å². The molecule has 7 nitrogen and oxygen atoms in total. The summed E-state index contributed by atoms with van der Waals surface area (Å²) >= 11 is 0. The Morgan fingerprint density at radius 2 is 2.00 bits per heavy atom. The maximum atomic E-state index is 11.9. The van der Waals surface area contributed by atoms with Crippen LogP contribution in [-0.2, 0) is 26.2 Å². The number of carboxylic acid groups (broad SMARTS) is 1. The topological polar surface area (TPSA) is 127 Å². The zero-order valence-corrected chi connectivity index (χ0v) is 12.7. The average molecular weight is 326 g/mol. The Labute approximate surface area is 128 Å². The highest BCUT2D eigenvalue weighted by Crippen LogP contribution is 2.44. The zero-order valence-electron chi connectivity index (χ0n) is 11.9. The summed E-state index contributed by atoms with van der Waals surface area (Å²) in [7, 11) is -3.79. The van der Waals surface area contributed by atoms with Crippen molar-refractivity contribution in [1.82, 2.24) is 5.32 Å². The van der Waals surface area contributed by atoms with E-state index in [-0.39, 0.29) is 23.8 Å². The molecule has 0 spiro atoms. The molecule has 1 saturated carbocycles. The summed E-state index contributed by atoms with van der Waals surface area (Å²) in [6, 6.07) is 5.94. The molecule has 0 aliphatic heterocycles. The van der Waals surface area contributed by atoms with Gasteiger partial charge in [-0.15, -0.1) is 0 Å². The molecule has 8 heteroatoms. The fraction of sp³-hybridized carbons (Fsp3) is 0.429. The number of nitrogens with two attached hydrogens (primary N) is 1. The summed E-state index contributed by atoms with van der Waals surface area (Å²) in [5.41, 5.74) is -0.357. The fourth-order valence-electron chi connectivity index (χ4n) is 2.47. The van der Waals surface area contributed by atoms with Crippen molar-refractivity contribution in [2.45, 2.75) is 37.1 Å². The standard InChI is InChI=1S/C14H18N2O5S/c15-22(20,21)11-4-1-3-10(7-11)9-16-12(17)8-14(13(18)19)5-2-6-14/h1,3-4,7H,2,5-6,8-9H2,(H,16,17)(H,18,19)(H2,15,20,21). The predicted octanol–water partition coefficient (Wildman–Crippen LogP) is 0.595. The van der Waals surface area contributed by atoms with Gasteiger partial charge in [0.1, 0.15) is 0 Å². The van der Waals surface area contributed by atoms with E-state index in [1.807, 2.05) is 0 Å². The van der Waals surface area contributed by atoms with Gasteiger partial charge in [-0.3, -0.25) is 9.59 Å². The lowest BCUT2D eigenvalue weighted by molar-refractivity contribution is -0.157. The quantitative estimate of drug-likeness (QED) is 0.705. The monoisotopic (exact) mass is 326 g/mol. The Morgan fingerprint density at radius 1 is 1.32 bits per heavy atom. The number of sulfonamides is 1. The van der Waals surface area contributed by atoms with Gasteiger partial charge in [-0.25, -0.2) is 13.6 Å². The van der Waals surface area contributed by atoms with Crippen LogP contribution in [0.25, 0.3) is 0 Å². The molecule has 120 valence electrons. The number of amides is 1. The van der Waals surface area contributed by atoms with E-state index < -0.39 is 21.4 Å². The number of aliphatic carboxylic acids is 1. The van der Waals surface area contributed by atoms with Crippen LogP contribution in [0.5, 0.6) is 0 Å². The Kier molecular flexibility index (Phi) is 4.52. The first-order chi connectivity index (χ1) is 10.2. The smallest absolute Gasteiger partial charge is 0.310 e. The first kappa shape index (κ1) is 16.4. The van der Waals surface area contributed by atoms with E-state index in [0.29, 0.717) is 18.4 Å². The molecule has 1 aliphatic carbocycles. The average Bonchev–Trinajstić information content (AvgIpc) is 2.39.